The predicted molar refractivity (Wildman–Crippen MR) is 84.0 cm³/mol. The Balaban J connectivity index is 2.45. The van der Waals surface area contributed by atoms with Crippen LogP contribution in [0.25, 0.3) is 10.9 Å². The third-order valence-electron chi connectivity index (χ3n) is 3.71. The van der Waals surface area contributed by atoms with Gasteiger partial charge in [0.15, 0.2) is 0 Å². The van der Waals surface area contributed by atoms with Gasteiger partial charge in [-0.25, -0.2) is 4.79 Å². The summed E-state index contributed by atoms with van der Waals surface area (Å²) in [4.78, 5) is 38.2. The van der Waals surface area contributed by atoms with Crippen LogP contribution in [0, 0.1) is 6.92 Å². The average Bonchev–Trinajstić information content (AvgIpc) is 2.50. The molecule has 0 aliphatic carbocycles. The maximum absolute atomic E-state index is 12.2. The molecule has 0 bridgehead atoms. The van der Waals surface area contributed by atoms with Crippen LogP contribution in [0.3, 0.4) is 0 Å². The highest BCUT2D eigenvalue weighted by molar-refractivity contribution is 6.34. The summed E-state index contributed by atoms with van der Waals surface area (Å²) >= 11 is 0. The Hall–Kier alpha value is -2.43. The summed E-state index contributed by atoms with van der Waals surface area (Å²) < 4.78 is 4.67. The first-order valence-corrected chi connectivity index (χ1v) is 7.32. The van der Waals surface area contributed by atoms with Gasteiger partial charge in [0.05, 0.1) is 6.61 Å². The van der Waals surface area contributed by atoms with Gasteiger partial charge in [-0.3, -0.25) is 9.59 Å². The monoisotopic (exact) mass is 301 g/mol. The van der Waals surface area contributed by atoms with Crippen molar-refractivity contribution in [1.29, 1.82) is 0 Å². The number of Topliss-reactive ketones (excluding diaryl/α,β-unsaturated/α-hetero) is 1. The quantitative estimate of drug-likeness (QED) is 0.677. The number of hydrogen-bond donors (Lipinski definition) is 1. The largest absolute Gasteiger partial charge is 0.460 e. The molecule has 0 amide bonds. The number of pyridine rings is 1. The SMILES string of the molecule is CCOC(=O)C(=O)Cc1c(C)c2ccc(CC)cc2[nH]c1=O. The molecule has 0 saturated heterocycles. The summed E-state index contributed by atoms with van der Waals surface area (Å²) in [6.45, 7) is 5.59. The number of benzene rings is 1. The van der Waals surface area contributed by atoms with Gasteiger partial charge in [0.25, 0.3) is 5.56 Å². The summed E-state index contributed by atoms with van der Waals surface area (Å²) in [6.07, 6.45) is 0.631. The van der Waals surface area contributed by atoms with Crippen LogP contribution in [0.5, 0.6) is 0 Å². The van der Waals surface area contributed by atoms with Crippen LogP contribution in [0.1, 0.15) is 30.5 Å². The highest BCUT2D eigenvalue weighted by Crippen LogP contribution is 2.19. The normalized spacial score (nSPS) is 10.7. The number of ether oxygens (including phenoxy) is 1. The molecule has 5 heteroatoms. The van der Waals surface area contributed by atoms with Gasteiger partial charge >= 0.3 is 5.97 Å². The topological polar surface area (TPSA) is 76.2 Å². The smallest absolute Gasteiger partial charge is 0.374 e. The highest BCUT2D eigenvalue weighted by Gasteiger charge is 2.19. The van der Waals surface area contributed by atoms with Crippen LogP contribution in [0.15, 0.2) is 23.0 Å². The summed E-state index contributed by atoms with van der Waals surface area (Å²) in [5.74, 6) is -1.61. The maximum atomic E-state index is 12.2. The number of rotatable bonds is 5. The fourth-order valence-corrected chi connectivity index (χ4v) is 2.43. The van der Waals surface area contributed by atoms with Gasteiger partial charge in [-0.1, -0.05) is 19.1 Å². The Labute approximate surface area is 128 Å². The molecule has 1 aromatic carbocycles. The van der Waals surface area contributed by atoms with Crippen molar-refractivity contribution in [2.24, 2.45) is 0 Å². The third-order valence-corrected chi connectivity index (χ3v) is 3.71. The van der Waals surface area contributed by atoms with E-state index in [0.29, 0.717) is 5.56 Å². The molecule has 22 heavy (non-hydrogen) atoms. The molecule has 0 atom stereocenters. The highest BCUT2D eigenvalue weighted by atomic mass is 16.5. The lowest BCUT2D eigenvalue weighted by Gasteiger charge is -2.09. The number of carbonyl (C=O) groups is 2. The van der Waals surface area contributed by atoms with Crippen molar-refractivity contribution in [1.82, 2.24) is 4.98 Å². The molecule has 0 unspecified atom stereocenters. The van der Waals surface area contributed by atoms with E-state index >= 15 is 0 Å². The number of H-pyrrole nitrogens is 1. The Bertz CT molecular complexity index is 789. The van der Waals surface area contributed by atoms with E-state index in [1.165, 1.54) is 0 Å². The van der Waals surface area contributed by atoms with Crippen LogP contribution < -0.4 is 5.56 Å². The summed E-state index contributed by atoms with van der Waals surface area (Å²) in [5, 5.41) is 0.878. The molecule has 0 aliphatic rings. The van der Waals surface area contributed by atoms with Crippen LogP contribution in [-0.4, -0.2) is 23.3 Å². The van der Waals surface area contributed by atoms with E-state index < -0.39 is 11.8 Å². The van der Waals surface area contributed by atoms with Crippen molar-refractivity contribution >= 4 is 22.7 Å². The first-order chi connectivity index (χ1) is 10.5. The van der Waals surface area contributed by atoms with E-state index in [2.05, 4.69) is 9.72 Å². The molecule has 1 N–H and O–H groups in total. The van der Waals surface area contributed by atoms with Gasteiger partial charge in [-0.2, -0.15) is 0 Å². The molecule has 116 valence electrons. The zero-order valence-corrected chi connectivity index (χ0v) is 13.0. The molecular formula is C17H19NO4. The molecule has 1 aromatic heterocycles. The number of ketones is 1. The van der Waals surface area contributed by atoms with Crippen molar-refractivity contribution in [3.8, 4) is 0 Å². The third kappa shape index (κ3) is 3.08. The van der Waals surface area contributed by atoms with Crippen LogP contribution in [-0.2, 0) is 27.2 Å². The maximum Gasteiger partial charge on any atom is 0.374 e. The second kappa shape index (κ2) is 6.56. The van der Waals surface area contributed by atoms with Gasteiger partial charge in [-0.15, -0.1) is 0 Å². The lowest BCUT2D eigenvalue weighted by Crippen LogP contribution is -2.24. The molecule has 1 heterocycles. The number of carbonyl (C=O) groups excluding carboxylic acids is 2. The lowest BCUT2D eigenvalue weighted by atomic mass is 9.99. The zero-order valence-electron chi connectivity index (χ0n) is 13.0. The zero-order chi connectivity index (χ0) is 16.3. The van der Waals surface area contributed by atoms with Crippen molar-refractivity contribution in [2.75, 3.05) is 6.61 Å². The first-order valence-electron chi connectivity index (χ1n) is 7.32. The van der Waals surface area contributed by atoms with Crippen molar-refractivity contribution in [2.45, 2.75) is 33.6 Å². The van der Waals surface area contributed by atoms with Crippen LogP contribution >= 0.6 is 0 Å². The standard InChI is InChI=1S/C17H19NO4/c1-4-11-6-7-12-10(3)13(16(20)18-14(12)8-11)9-15(19)17(21)22-5-2/h6-8H,4-5,9H2,1-3H3,(H,18,20). The van der Waals surface area contributed by atoms with Crippen LogP contribution in [0.2, 0.25) is 0 Å². The number of nitrogens with one attached hydrogen (secondary N) is 1. The van der Waals surface area contributed by atoms with Crippen molar-refractivity contribution in [3.05, 3.63) is 45.2 Å². The fourth-order valence-electron chi connectivity index (χ4n) is 2.43. The number of aromatic amines is 1. The second-order valence-corrected chi connectivity index (χ2v) is 5.11. The Morgan fingerprint density at radius 2 is 1.95 bits per heavy atom. The number of aryl methyl sites for hydroxylation is 2. The molecule has 5 nitrogen and oxygen atoms in total. The molecule has 0 spiro atoms. The minimum Gasteiger partial charge on any atom is -0.460 e. The molecule has 0 radical (unpaired) electrons. The summed E-state index contributed by atoms with van der Waals surface area (Å²) in [5.41, 5.74) is 2.57. The number of hydrogen-bond acceptors (Lipinski definition) is 4. The molecule has 2 aromatic rings. The van der Waals surface area contributed by atoms with E-state index in [0.717, 1.165) is 28.5 Å². The Morgan fingerprint density at radius 3 is 2.59 bits per heavy atom. The number of fused-ring (bicyclic) bond motifs is 1. The molecular weight excluding hydrogens is 282 g/mol. The number of esters is 1. The molecule has 0 fully saturated rings. The fraction of sp³-hybridized carbons (Fsp3) is 0.353. The lowest BCUT2D eigenvalue weighted by molar-refractivity contribution is -0.153. The summed E-state index contributed by atoms with van der Waals surface area (Å²) in [6, 6.07) is 5.85. The minimum atomic E-state index is -0.900. The van der Waals surface area contributed by atoms with E-state index in [1.807, 2.05) is 25.1 Å². The van der Waals surface area contributed by atoms with Crippen molar-refractivity contribution in [3.63, 3.8) is 0 Å². The van der Waals surface area contributed by atoms with Gasteiger partial charge in [0.2, 0.25) is 5.78 Å². The average molecular weight is 301 g/mol. The van der Waals surface area contributed by atoms with E-state index in [4.69, 9.17) is 0 Å². The Morgan fingerprint density at radius 1 is 1.23 bits per heavy atom. The van der Waals surface area contributed by atoms with Gasteiger partial charge in [0, 0.05) is 22.9 Å². The molecule has 0 aliphatic heterocycles. The minimum absolute atomic E-state index is 0.136. The van der Waals surface area contributed by atoms with E-state index in [-0.39, 0.29) is 18.6 Å². The molecule has 2 rings (SSSR count). The first kappa shape index (κ1) is 15.9. The van der Waals surface area contributed by atoms with Crippen LogP contribution in [0.4, 0.5) is 0 Å². The predicted octanol–water partition coefficient (Wildman–Crippen LogP) is 2.07. The summed E-state index contributed by atoms with van der Waals surface area (Å²) in [7, 11) is 0. The van der Waals surface area contributed by atoms with E-state index in [1.54, 1.807) is 13.8 Å². The molecule has 0 saturated carbocycles. The van der Waals surface area contributed by atoms with Gasteiger partial charge in [-0.05, 0) is 37.5 Å². The number of aromatic nitrogens is 1. The van der Waals surface area contributed by atoms with Gasteiger partial charge < -0.3 is 9.72 Å². The Kier molecular flexibility index (Phi) is 4.75. The second-order valence-electron chi connectivity index (χ2n) is 5.11. The van der Waals surface area contributed by atoms with Gasteiger partial charge in [0.1, 0.15) is 0 Å². The van der Waals surface area contributed by atoms with Crippen molar-refractivity contribution < 1.29 is 14.3 Å². The van der Waals surface area contributed by atoms with E-state index in [9.17, 15) is 14.4 Å².